The number of morpholine rings is 1. The van der Waals surface area contributed by atoms with Gasteiger partial charge in [0.25, 0.3) is 0 Å². The Bertz CT molecular complexity index is 528. The molecule has 0 bridgehead atoms. The third kappa shape index (κ3) is 5.04. The molecule has 2 N–H and O–H groups in total. The van der Waals surface area contributed by atoms with Gasteiger partial charge in [-0.15, -0.1) is 0 Å². The van der Waals surface area contributed by atoms with Crippen molar-refractivity contribution in [2.75, 3.05) is 57.2 Å². The number of nitrogens with one attached hydrogen (secondary N) is 2. The van der Waals surface area contributed by atoms with Crippen molar-refractivity contribution < 1.29 is 9.53 Å². The number of anilines is 2. The second-order valence-electron chi connectivity index (χ2n) is 6.35. The molecule has 23 heavy (non-hydrogen) atoms. The lowest BCUT2D eigenvalue weighted by Gasteiger charge is -2.40. The highest BCUT2D eigenvalue weighted by Gasteiger charge is 2.28. The quantitative estimate of drug-likeness (QED) is 0.833. The molecule has 1 aliphatic heterocycles. The maximum absolute atomic E-state index is 12.1. The van der Waals surface area contributed by atoms with Gasteiger partial charge in [0.1, 0.15) is 5.82 Å². The van der Waals surface area contributed by atoms with Crippen LogP contribution in [0.25, 0.3) is 0 Å². The van der Waals surface area contributed by atoms with Crippen molar-refractivity contribution in [2.45, 2.75) is 19.4 Å². The van der Waals surface area contributed by atoms with E-state index in [-0.39, 0.29) is 17.5 Å². The van der Waals surface area contributed by atoms with Crippen LogP contribution in [0.5, 0.6) is 0 Å². The number of carbonyl (C=O) groups excluding carboxylic acids is 1. The number of aromatic nitrogens is 2. The summed E-state index contributed by atoms with van der Waals surface area (Å²) >= 11 is 0. The number of ether oxygens (including phenoxy) is 1. The minimum atomic E-state index is -0.303. The normalized spacial score (nSPS) is 16.0. The molecule has 1 aromatic rings. The first kappa shape index (κ1) is 17.4. The second-order valence-corrected chi connectivity index (χ2v) is 6.35. The Morgan fingerprint density at radius 2 is 2.09 bits per heavy atom. The van der Waals surface area contributed by atoms with E-state index in [1.807, 2.05) is 19.0 Å². The fourth-order valence-corrected chi connectivity index (χ4v) is 2.38. The zero-order valence-electron chi connectivity index (χ0n) is 14.3. The first-order valence-corrected chi connectivity index (χ1v) is 7.76. The van der Waals surface area contributed by atoms with E-state index in [1.165, 1.54) is 0 Å². The lowest BCUT2D eigenvalue weighted by molar-refractivity contribution is -0.00863. The van der Waals surface area contributed by atoms with Crippen LogP contribution in [0.2, 0.25) is 0 Å². The fraction of sp³-hybridized carbons (Fsp3) is 0.667. The van der Waals surface area contributed by atoms with Crippen LogP contribution in [0.15, 0.2) is 12.3 Å². The Kier molecular flexibility index (Phi) is 5.73. The minimum Gasteiger partial charge on any atom is -0.379 e. The molecule has 0 aliphatic carbocycles. The van der Waals surface area contributed by atoms with Gasteiger partial charge in [-0.25, -0.2) is 9.78 Å². The minimum absolute atomic E-state index is 0.131. The Hall–Kier alpha value is -1.93. The summed E-state index contributed by atoms with van der Waals surface area (Å²) in [6.07, 6.45) is 1.62. The van der Waals surface area contributed by atoms with Crippen LogP contribution < -0.4 is 15.5 Å². The standard InChI is InChI=1S/C15H26N6O2/c1-15(2,21-7-9-23-10-8-21)11-17-14(22)19-13-16-6-5-12(18-13)20(3)4/h5-6H,7-11H2,1-4H3,(H2,16,17,18,19,22). The predicted molar refractivity (Wildman–Crippen MR) is 89.9 cm³/mol. The van der Waals surface area contributed by atoms with Crippen LogP contribution in [-0.2, 0) is 4.74 Å². The molecular weight excluding hydrogens is 296 g/mol. The Morgan fingerprint density at radius 3 is 2.74 bits per heavy atom. The second kappa shape index (κ2) is 7.56. The molecule has 0 unspecified atom stereocenters. The molecule has 1 fully saturated rings. The van der Waals surface area contributed by atoms with E-state index in [0.717, 1.165) is 32.1 Å². The molecule has 2 rings (SSSR count). The van der Waals surface area contributed by atoms with E-state index in [2.05, 4.69) is 39.3 Å². The largest absolute Gasteiger partial charge is 0.379 e. The average Bonchev–Trinajstić information content (AvgIpc) is 2.54. The van der Waals surface area contributed by atoms with Gasteiger partial charge in [0.05, 0.1) is 13.2 Å². The molecule has 8 nitrogen and oxygen atoms in total. The monoisotopic (exact) mass is 322 g/mol. The first-order chi connectivity index (χ1) is 10.9. The summed E-state index contributed by atoms with van der Waals surface area (Å²) in [4.78, 5) is 24.6. The van der Waals surface area contributed by atoms with Crippen LogP contribution in [-0.4, -0.2) is 73.4 Å². The summed E-state index contributed by atoms with van der Waals surface area (Å²) in [7, 11) is 3.77. The molecular formula is C15H26N6O2. The maximum atomic E-state index is 12.1. The number of nitrogens with zero attached hydrogens (tertiary/aromatic N) is 4. The van der Waals surface area contributed by atoms with Gasteiger partial charge in [0.2, 0.25) is 5.95 Å². The van der Waals surface area contributed by atoms with E-state index >= 15 is 0 Å². The van der Waals surface area contributed by atoms with Crippen molar-refractivity contribution in [2.24, 2.45) is 0 Å². The van der Waals surface area contributed by atoms with Gasteiger partial charge in [-0.05, 0) is 19.9 Å². The van der Waals surface area contributed by atoms with Crippen LogP contribution in [0.1, 0.15) is 13.8 Å². The third-order valence-electron chi connectivity index (χ3n) is 3.87. The fourth-order valence-electron chi connectivity index (χ4n) is 2.38. The van der Waals surface area contributed by atoms with Crippen molar-refractivity contribution >= 4 is 17.8 Å². The van der Waals surface area contributed by atoms with Crippen LogP contribution in [0, 0.1) is 0 Å². The van der Waals surface area contributed by atoms with Gasteiger partial charge in [0, 0.05) is 45.5 Å². The topological polar surface area (TPSA) is 82.6 Å². The molecule has 0 saturated carbocycles. The van der Waals surface area contributed by atoms with Gasteiger partial charge in [-0.1, -0.05) is 0 Å². The molecule has 2 heterocycles. The molecule has 1 saturated heterocycles. The van der Waals surface area contributed by atoms with Gasteiger partial charge in [0.15, 0.2) is 0 Å². The summed E-state index contributed by atoms with van der Waals surface area (Å²) in [5.41, 5.74) is -0.131. The summed E-state index contributed by atoms with van der Waals surface area (Å²) in [6.45, 7) is 7.99. The summed E-state index contributed by atoms with van der Waals surface area (Å²) < 4.78 is 5.37. The zero-order chi connectivity index (χ0) is 16.9. The van der Waals surface area contributed by atoms with Gasteiger partial charge >= 0.3 is 6.03 Å². The van der Waals surface area contributed by atoms with E-state index in [4.69, 9.17) is 4.74 Å². The van der Waals surface area contributed by atoms with E-state index < -0.39 is 0 Å². The lowest BCUT2D eigenvalue weighted by atomic mass is 10.0. The Labute approximate surface area is 137 Å². The molecule has 2 amide bonds. The molecule has 0 atom stereocenters. The number of urea groups is 1. The van der Waals surface area contributed by atoms with Crippen LogP contribution in [0.3, 0.4) is 0 Å². The van der Waals surface area contributed by atoms with E-state index in [0.29, 0.717) is 6.54 Å². The van der Waals surface area contributed by atoms with Crippen LogP contribution >= 0.6 is 0 Å². The maximum Gasteiger partial charge on any atom is 0.321 e. The van der Waals surface area contributed by atoms with E-state index in [1.54, 1.807) is 12.3 Å². The molecule has 0 radical (unpaired) electrons. The van der Waals surface area contributed by atoms with Crippen molar-refractivity contribution in [3.8, 4) is 0 Å². The molecule has 0 aromatic carbocycles. The highest BCUT2D eigenvalue weighted by molar-refractivity contribution is 5.87. The van der Waals surface area contributed by atoms with Crippen molar-refractivity contribution in [3.05, 3.63) is 12.3 Å². The first-order valence-electron chi connectivity index (χ1n) is 7.76. The highest BCUT2D eigenvalue weighted by Crippen LogP contribution is 2.15. The van der Waals surface area contributed by atoms with Gasteiger partial charge in [-0.2, -0.15) is 4.98 Å². The smallest absolute Gasteiger partial charge is 0.321 e. The number of hydrogen-bond acceptors (Lipinski definition) is 6. The van der Waals surface area contributed by atoms with Gasteiger partial charge < -0.3 is 15.0 Å². The lowest BCUT2D eigenvalue weighted by Crippen LogP contribution is -2.55. The molecule has 1 aromatic heterocycles. The number of hydrogen-bond donors (Lipinski definition) is 2. The zero-order valence-corrected chi connectivity index (χ0v) is 14.3. The van der Waals surface area contributed by atoms with Crippen molar-refractivity contribution in [1.29, 1.82) is 0 Å². The molecule has 1 aliphatic rings. The predicted octanol–water partition coefficient (Wildman–Crippen LogP) is 0.775. The number of rotatable bonds is 5. The Morgan fingerprint density at radius 1 is 1.39 bits per heavy atom. The van der Waals surface area contributed by atoms with Crippen molar-refractivity contribution in [3.63, 3.8) is 0 Å². The van der Waals surface area contributed by atoms with Crippen LogP contribution in [0.4, 0.5) is 16.6 Å². The van der Waals surface area contributed by atoms with Gasteiger partial charge in [-0.3, -0.25) is 10.2 Å². The van der Waals surface area contributed by atoms with Crippen molar-refractivity contribution in [1.82, 2.24) is 20.2 Å². The SMILES string of the molecule is CN(C)c1ccnc(NC(=O)NCC(C)(C)N2CCOCC2)n1. The molecule has 8 heteroatoms. The summed E-state index contributed by atoms with van der Waals surface area (Å²) in [5, 5.41) is 5.56. The molecule has 0 spiro atoms. The summed E-state index contributed by atoms with van der Waals surface area (Å²) in [6, 6.07) is 1.48. The number of carbonyl (C=O) groups is 1. The number of amides is 2. The average molecular weight is 322 g/mol. The molecule has 128 valence electrons. The highest BCUT2D eigenvalue weighted by atomic mass is 16.5. The third-order valence-corrected chi connectivity index (χ3v) is 3.87. The summed E-state index contributed by atoms with van der Waals surface area (Å²) in [5.74, 6) is 1.03. The Balaban J connectivity index is 1.85. The van der Waals surface area contributed by atoms with E-state index in [9.17, 15) is 4.79 Å².